The Morgan fingerprint density at radius 1 is 0.600 bits per heavy atom. The molecule has 130 valence electrons. The van der Waals surface area contributed by atoms with Crippen molar-refractivity contribution < 1.29 is 4.74 Å². The van der Waals surface area contributed by atoms with E-state index in [1.807, 2.05) is 72.8 Å². The molecular weight excluding hydrogens is 595 g/mol. The monoisotopic (exact) mass is 608 g/mol. The predicted molar refractivity (Wildman–Crippen MR) is 112 cm³/mol. The van der Waals surface area contributed by atoms with Gasteiger partial charge in [-0.1, -0.05) is 0 Å². The van der Waals surface area contributed by atoms with E-state index >= 15 is 0 Å². The molecule has 0 bridgehead atoms. The minimum absolute atomic E-state index is 0.640. The first-order valence-electron chi connectivity index (χ1n) is 7.46. The molecule has 0 saturated heterocycles. The Kier molecular flexibility index (Phi) is 5.59. The Balaban J connectivity index is 2.29. The van der Waals surface area contributed by atoms with E-state index in [-0.39, 0.29) is 0 Å². The number of hydrogen-bond donors (Lipinski definition) is 0. The van der Waals surface area contributed by atoms with Gasteiger partial charge < -0.3 is 0 Å². The van der Waals surface area contributed by atoms with Crippen LogP contribution in [0.15, 0.2) is 72.8 Å². The number of methoxy groups -OCH3 is 1. The molecule has 0 saturated carbocycles. The van der Waals surface area contributed by atoms with Gasteiger partial charge >= 0.3 is 167 Å². The van der Waals surface area contributed by atoms with Gasteiger partial charge in [-0.2, -0.15) is 0 Å². The Morgan fingerprint density at radius 3 is 1.24 bits per heavy atom. The van der Waals surface area contributed by atoms with Crippen LogP contribution < -0.4 is 14.6 Å². The number of benzene rings is 3. The van der Waals surface area contributed by atoms with E-state index in [0.717, 1.165) is 15.6 Å². The molecule has 0 aromatic heterocycles. The molecule has 0 amide bonds. The van der Waals surface area contributed by atoms with Gasteiger partial charge in [-0.05, 0) is 0 Å². The number of hydrogen-bond acceptors (Lipinski definition) is 1. The number of ether oxygens (including phenoxy) is 1. The van der Waals surface area contributed by atoms with E-state index in [1.165, 1.54) is 0 Å². The second kappa shape index (κ2) is 7.25. The van der Waals surface area contributed by atoms with Crippen LogP contribution in [0.4, 0.5) is 0 Å². The summed E-state index contributed by atoms with van der Waals surface area (Å²) in [4.78, 5) is 0. The zero-order valence-corrected chi connectivity index (χ0v) is 19.8. The Bertz CT molecular complexity index is 825. The molecule has 0 atom stereocenters. The quantitative estimate of drug-likeness (QED) is 0.383. The summed E-state index contributed by atoms with van der Waals surface area (Å²) in [5, 5.41) is 1.28. The summed E-state index contributed by atoms with van der Waals surface area (Å²) in [5.41, 5.74) is 0. The van der Waals surface area contributed by atoms with Crippen molar-refractivity contribution in [2.24, 2.45) is 0 Å². The van der Waals surface area contributed by atoms with E-state index in [4.69, 9.17) is 45.0 Å². The molecule has 25 heavy (non-hydrogen) atoms. The van der Waals surface area contributed by atoms with Crippen LogP contribution in [-0.4, -0.2) is 23.5 Å². The van der Waals surface area contributed by atoms with Crippen LogP contribution in [0.1, 0.15) is 0 Å². The van der Waals surface area contributed by atoms with Crippen LogP contribution in [0.25, 0.3) is 0 Å². The fourth-order valence-corrected chi connectivity index (χ4v) is 20.2. The number of rotatable bonds is 4. The minimum atomic E-state index is -4.86. The topological polar surface area (TPSA) is 9.23 Å². The van der Waals surface area contributed by atoms with Crippen LogP contribution in [0, 0.1) is 0 Å². The van der Waals surface area contributed by atoms with Gasteiger partial charge in [-0.25, -0.2) is 0 Å². The molecule has 0 fully saturated rings. The summed E-state index contributed by atoms with van der Waals surface area (Å²) in [6, 6.07) is 22.5. The zero-order valence-electron chi connectivity index (χ0n) is 13.3. The number of halogens is 4. The summed E-state index contributed by atoms with van der Waals surface area (Å²) in [6.45, 7) is 0. The second-order valence-electron chi connectivity index (χ2n) is 5.56. The Hall–Kier alpha value is -0.497. The summed E-state index contributed by atoms with van der Waals surface area (Å²) in [6.07, 6.45) is 0. The van der Waals surface area contributed by atoms with Gasteiger partial charge in [-0.3, -0.25) is 0 Å². The fraction of sp³-hybridized carbons (Fsp3) is 0.0526. The van der Waals surface area contributed by atoms with Gasteiger partial charge in [0.1, 0.15) is 0 Å². The van der Waals surface area contributed by atoms with Crippen molar-refractivity contribution in [1.29, 1.82) is 0 Å². The molecule has 0 N–H and O–H groups in total. The molecule has 0 unspecified atom stereocenters. The van der Waals surface area contributed by atoms with Crippen molar-refractivity contribution in [2.75, 3.05) is 7.11 Å². The van der Waals surface area contributed by atoms with Crippen molar-refractivity contribution in [3.05, 3.63) is 82.8 Å². The van der Waals surface area contributed by atoms with Crippen molar-refractivity contribution in [1.82, 2.24) is 0 Å². The van der Waals surface area contributed by atoms with Crippen LogP contribution in [-0.2, 0) is 0 Å². The third kappa shape index (κ3) is 3.53. The summed E-state index contributed by atoms with van der Waals surface area (Å²) in [5.74, 6) is 0.752. The van der Waals surface area contributed by atoms with Gasteiger partial charge in [0.05, 0.1) is 0 Å². The molecule has 0 aliphatic heterocycles. The normalized spacial score (nSPS) is 13.1. The van der Waals surface area contributed by atoms with Crippen molar-refractivity contribution >= 4 is 66.4 Å². The molecule has 0 aliphatic carbocycles. The van der Waals surface area contributed by atoms with Crippen LogP contribution >= 0.6 is 40.2 Å². The van der Waals surface area contributed by atoms with Crippen molar-refractivity contribution in [3.63, 3.8) is 0 Å². The Labute approximate surface area is 165 Å². The standard InChI is InChI=1S/C7H7O.2C6H4Cl.Bi.2ClH/c1-8-7-5-3-2-4-6-7;2*7-6-4-2-1-3-5-6;;;/h3-6H,1H3;2*2-5H;;2*1H/q;;;+2;;/p-2. The summed E-state index contributed by atoms with van der Waals surface area (Å²) < 4.78 is 7.95. The third-order valence-corrected chi connectivity index (χ3v) is 28.9. The van der Waals surface area contributed by atoms with Crippen molar-refractivity contribution in [2.45, 2.75) is 0 Å². The van der Waals surface area contributed by atoms with Crippen LogP contribution in [0.2, 0.25) is 10.0 Å². The molecule has 0 spiro atoms. The first-order valence-corrected chi connectivity index (χ1v) is 22.0. The van der Waals surface area contributed by atoms with E-state index in [9.17, 15) is 0 Å². The van der Waals surface area contributed by atoms with E-state index in [2.05, 4.69) is 0 Å². The molecule has 0 radical (unpaired) electrons. The van der Waals surface area contributed by atoms with Crippen molar-refractivity contribution in [3.8, 4) is 5.75 Å². The molecule has 3 aromatic rings. The van der Waals surface area contributed by atoms with E-state index < -0.39 is 16.4 Å². The maximum atomic E-state index is 7.42. The predicted octanol–water partition coefficient (Wildman–Crippen LogP) is 4.90. The molecule has 0 aliphatic rings. The molecule has 0 heterocycles. The third-order valence-electron chi connectivity index (χ3n) is 4.09. The summed E-state index contributed by atoms with van der Waals surface area (Å²) >= 11 is 7.26. The molecule has 3 aromatic carbocycles. The first-order chi connectivity index (χ1) is 11.8. The van der Waals surface area contributed by atoms with Crippen LogP contribution in [0.5, 0.6) is 5.75 Å². The molecule has 1 nitrogen and oxygen atoms in total. The van der Waals surface area contributed by atoms with Crippen LogP contribution in [0.3, 0.4) is 0 Å². The molecule has 6 heteroatoms. The van der Waals surface area contributed by atoms with E-state index in [0.29, 0.717) is 10.0 Å². The molecular formula is C19H15BiCl4O. The van der Waals surface area contributed by atoms with E-state index in [1.54, 1.807) is 7.11 Å². The first kappa shape index (κ1) is 19.3. The van der Waals surface area contributed by atoms with Gasteiger partial charge in [-0.15, -0.1) is 0 Å². The average molecular weight is 610 g/mol. The van der Waals surface area contributed by atoms with Gasteiger partial charge in [0.2, 0.25) is 0 Å². The zero-order chi connectivity index (χ0) is 18.1. The van der Waals surface area contributed by atoms with Gasteiger partial charge in [0.15, 0.2) is 0 Å². The Morgan fingerprint density at radius 2 is 0.920 bits per heavy atom. The maximum absolute atomic E-state index is 7.42. The fourth-order valence-electron chi connectivity index (χ4n) is 2.70. The summed E-state index contributed by atoms with van der Waals surface area (Å²) in [7, 11) is 16.5. The average Bonchev–Trinajstić information content (AvgIpc) is 2.63. The van der Waals surface area contributed by atoms with Gasteiger partial charge in [0.25, 0.3) is 0 Å². The molecule has 3 rings (SSSR count). The second-order valence-corrected chi connectivity index (χ2v) is 32.9. The van der Waals surface area contributed by atoms with Gasteiger partial charge in [0, 0.05) is 0 Å². The SMILES string of the molecule is COc1cc[c]([Bi]([Cl])([Cl])([c]2ccc(Cl)cc2)[c]2ccc(Cl)cc2)cc1.